The molecule has 0 bridgehead atoms. The summed E-state index contributed by atoms with van der Waals surface area (Å²) in [5, 5.41) is 15.9. The Labute approximate surface area is 98.4 Å². The van der Waals surface area contributed by atoms with Crippen molar-refractivity contribution in [2.45, 2.75) is 44.2 Å². The van der Waals surface area contributed by atoms with E-state index in [0.29, 0.717) is 18.4 Å². The third-order valence-corrected chi connectivity index (χ3v) is 3.26. The lowest BCUT2D eigenvalue weighted by atomic mass is 10.2. The molecule has 0 aromatic carbocycles. The normalized spacial score (nSPS) is 21.4. The molecule has 2 aliphatic carbocycles. The van der Waals surface area contributed by atoms with Crippen LogP contribution < -0.4 is 5.32 Å². The molecule has 17 heavy (non-hydrogen) atoms. The van der Waals surface area contributed by atoms with Crippen molar-refractivity contribution >= 4 is 5.97 Å². The predicted molar refractivity (Wildman–Crippen MR) is 57.3 cm³/mol. The minimum atomic E-state index is -0.797. The van der Waals surface area contributed by atoms with Crippen LogP contribution in [0.3, 0.4) is 0 Å². The molecule has 0 amide bonds. The molecular formula is C11H15N3O3. The van der Waals surface area contributed by atoms with Crippen molar-refractivity contribution in [1.29, 1.82) is 0 Å². The molecule has 6 nitrogen and oxygen atoms in total. The third kappa shape index (κ3) is 2.46. The number of carboxylic acids is 1. The highest BCUT2D eigenvalue weighted by atomic mass is 16.5. The second kappa shape index (κ2) is 4.10. The molecule has 2 N–H and O–H groups in total. The second-order valence-electron chi connectivity index (χ2n) is 4.85. The van der Waals surface area contributed by atoms with Gasteiger partial charge in [0.25, 0.3) is 0 Å². The zero-order valence-electron chi connectivity index (χ0n) is 9.43. The minimum Gasteiger partial charge on any atom is -0.480 e. The summed E-state index contributed by atoms with van der Waals surface area (Å²) in [5.74, 6) is 1.18. The lowest BCUT2D eigenvalue weighted by Gasteiger charge is -2.10. The van der Waals surface area contributed by atoms with E-state index in [0.717, 1.165) is 31.5 Å². The Balaban J connectivity index is 1.56. The molecule has 0 aliphatic heterocycles. The van der Waals surface area contributed by atoms with Crippen molar-refractivity contribution in [3.63, 3.8) is 0 Å². The molecule has 92 valence electrons. The second-order valence-corrected chi connectivity index (χ2v) is 4.85. The van der Waals surface area contributed by atoms with Crippen molar-refractivity contribution in [3.05, 3.63) is 11.7 Å². The van der Waals surface area contributed by atoms with Crippen molar-refractivity contribution in [1.82, 2.24) is 15.5 Å². The van der Waals surface area contributed by atoms with E-state index in [2.05, 4.69) is 15.5 Å². The molecule has 1 unspecified atom stereocenters. The fourth-order valence-electron chi connectivity index (χ4n) is 1.93. The van der Waals surface area contributed by atoms with Gasteiger partial charge in [0.05, 0.1) is 6.54 Å². The van der Waals surface area contributed by atoms with E-state index < -0.39 is 12.0 Å². The summed E-state index contributed by atoms with van der Waals surface area (Å²) < 4.78 is 5.08. The van der Waals surface area contributed by atoms with Crippen LogP contribution in [0, 0.1) is 5.92 Å². The van der Waals surface area contributed by atoms with E-state index >= 15 is 0 Å². The van der Waals surface area contributed by atoms with Crippen LogP contribution in [-0.4, -0.2) is 27.3 Å². The van der Waals surface area contributed by atoms with Crippen LogP contribution in [0.25, 0.3) is 0 Å². The van der Waals surface area contributed by atoms with E-state index in [1.807, 2.05) is 0 Å². The fraction of sp³-hybridized carbons (Fsp3) is 0.727. The van der Waals surface area contributed by atoms with Gasteiger partial charge in [-0.2, -0.15) is 4.98 Å². The van der Waals surface area contributed by atoms with Gasteiger partial charge in [-0.05, 0) is 31.6 Å². The van der Waals surface area contributed by atoms with Crippen molar-refractivity contribution in [3.8, 4) is 0 Å². The Morgan fingerprint density at radius 3 is 2.82 bits per heavy atom. The Morgan fingerprint density at radius 1 is 1.47 bits per heavy atom. The van der Waals surface area contributed by atoms with E-state index in [9.17, 15) is 4.79 Å². The summed E-state index contributed by atoms with van der Waals surface area (Å²) >= 11 is 0. The van der Waals surface area contributed by atoms with Crippen molar-refractivity contribution in [2.75, 3.05) is 0 Å². The molecule has 0 saturated heterocycles. The standard InChI is InChI=1S/C11H15N3O3/c15-11(16)9(6-1-2-6)12-5-8-13-10(14-17-8)7-3-4-7/h6-7,9,12H,1-5H2,(H,15,16). The summed E-state index contributed by atoms with van der Waals surface area (Å²) in [4.78, 5) is 15.2. The quantitative estimate of drug-likeness (QED) is 0.764. The van der Waals surface area contributed by atoms with Crippen LogP contribution >= 0.6 is 0 Å². The monoisotopic (exact) mass is 237 g/mol. The molecule has 2 fully saturated rings. The van der Waals surface area contributed by atoms with E-state index in [-0.39, 0.29) is 5.92 Å². The Bertz CT molecular complexity index is 423. The maximum atomic E-state index is 11.0. The molecule has 1 aromatic rings. The largest absolute Gasteiger partial charge is 0.480 e. The summed E-state index contributed by atoms with van der Waals surface area (Å²) in [7, 11) is 0. The molecule has 1 heterocycles. The summed E-state index contributed by atoms with van der Waals surface area (Å²) in [6.07, 6.45) is 4.24. The Hall–Kier alpha value is -1.43. The van der Waals surface area contributed by atoms with Crippen LogP contribution in [0.2, 0.25) is 0 Å². The highest BCUT2D eigenvalue weighted by Gasteiger charge is 2.36. The predicted octanol–water partition coefficient (Wildman–Crippen LogP) is 0.900. The molecule has 3 rings (SSSR count). The van der Waals surface area contributed by atoms with E-state index in [4.69, 9.17) is 9.63 Å². The summed E-state index contributed by atoms with van der Waals surface area (Å²) in [6.45, 7) is 0.340. The van der Waals surface area contributed by atoms with E-state index in [1.165, 1.54) is 0 Å². The van der Waals surface area contributed by atoms with Gasteiger partial charge in [-0.3, -0.25) is 10.1 Å². The van der Waals surface area contributed by atoms with Gasteiger partial charge in [0.1, 0.15) is 6.04 Å². The fourth-order valence-corrected chi connectivity index (χ4v) is 1.93. The maximum Gasteiger partial charge on any atom is 0.320 e. The Kier molecular flexibility index (Phi) is 2.58. The molecular weight excluding hydrogens is 222 g/mol. The summed E-state index contributed by atoms with van der Waals surface area (Å²) in [5.41, 5.74) is 0. The van der Waals surface area contributed by atoms with Crippen LogP contribution in [0.1, 0.15) is 43.3 Å². The van der Waals surface area contributed by atoms with Gasteiger partial charge >= 0.3 is 5.97 Å². The number of rotatable bonds is 6. The Morgan fingerprint density at radius 2 is 2.24 bits per heavy atom. The summed E-state index contributed by atoms with van der Waals surface area (Å²) in [6, 6.07) is -0.480. The lowest BCUT2D eigenvalue weighted by Crippen LogP contribution is -2.38. The SMILES string of the molecule is O=C(O)C(NCc1nc(C2CC2)no1)C1CC1. The number of aliphatic carboxylic acids is 1. The topological polar surface area (TPSA) is 88.2 Å². The first-order valence-corrected chi connectivity index (χ1v) is 6.02. The van der Waals surface area contributed by atoms with E-state index in [1.54, 1.807) is 0 Å². The molecule has 1 atom stereocenters. The maximum absolute atomic E-state index is 11.0. The number of carboxylic acid groups (broad SMARTS) is 1. The number of hydrogen-bond donors (Lipinski definition) is 2. The molecule has 6 heteroatoms. The zero-order valence-corrected chi connectivity index (χ0v) is 9.43. The average molecular weight is 237 g/mol. The first kappa shape index (κ1) is 10.7. The van der Waals surface area contributed by atoms with Gasteiger partial charge in [0.2, 0.25) is 5.89 Å². The van der Waals surface area contributed by atoms with Gasteiger partial charge in [-0.1, -0.05) is 5.16 Å². The van der Waals surface area contributed by atoms with Gasteiger partial charge < -0.3 is 9.63 Å². The van der Waals surface area contributed by atoms with Crippen molar-refractivity contribution < 1.29 is 14.4 Å². The number of aromatic nitrogens is 2. The first-order valence-electron chi connectivity index (χ1n) is 6.02. The van der Waals surface area contributed by atoms with Gasteiger partial charge in [0.15, 0.2) is 5.82 Å². The first-order chi connectivity index (χ1) is 8.24. The molecule has 0 spiro atoms. The van der Waals surface area contributed by atoms with Gasteiger partial charge in [-0.15, -0.1) is 0 Å². The zero-order chi connectivity index (χ0) is 11.8. The van der Waals surface area contributed by atoms with Crippen LogP contribution in [0.4, 0.5) is 0 Å². The van der Waals surface area contributed by atoms with Crippen molar-refractivity contribution in [2.24, 2.45) is 5.92 Å². The molecule has 2 saturated carbocycles. The average Bonchev–Trinajstić information content (AvgIpc) is 3.19. The van der Waals surface area contributed by atoms with Crippen LogP contribution in [-0.2, 0) is 11.3 Å². The van der Waals surface area contributed by atoms with Gasteiger partial charge in [0, 0.05) is 5.92 Å². The number of carbonyl (C=O) groups is 1. The van der Waals surface area contributed by atoms with Crippen LogP contribution in [0.15, 0.2) is 4.52 Å². The molecule has 1 aromatic heterocycles. The van der Waals surface area contributed by atoms with Crippen LogP contribution in [0.5, 0.6) is 0 Å². The minimum absolute atomic E-state index is 0.262. The molecule has 2 aliphatic rings. The highest BCUT2D eigenvalue weighted by molar-refractivity contribution is 5.74. The number of nitrogens with one attached hydrogen (secondary N) is 1. The van der Waals surface area contributed by atoms with Gasteiger partial charge in [-0.25, -0.2) is 0 Å². The lowest BCUT2D eigenvalue weighted by molar-refractivity contribution is -0.140. The smallest absolute Gasteiger partial charge is 0.320 e. The number of nitrogens with zero attached hydrogens (tertiary/aromatic N) is 2. The third-order valence-electron chi connectivity index (χ3n) is 3.26. The highest BCUT2D eigenvalue weighted by Crippen LogP contribution is 2.38. The molecule has 0 radical (unpaired) electrons. The number of hydrogen-bond acceptors (Lipinski definition) is 5.